The number of allylic oxidation sites excluding steroid dienone is 1. The molecule has 0 N–H and O–H groups in total. The summed E-state index contributed by atoms with van der Waals surface area (Å²) < 4.78 is 26.5. The Morgan fingerprint density at radius 2 is 1.52 bits per heavy atom. The van der Waals surface area contributed by atoms with Crippen molar-refractivity contribution in [2.75, 3.05) is 0 Å². The molecule has 0 radical (unpaired) electrons. The predicted octanol–water partition coefficient (Wildman–Crippen LogP) is 5.08. The van der Waals surface area contributed by atoms with Crippen LogP contribution in [-0.2, 0) is 29.1 Å². The number of fused-ring (bicyclic) bond motifs is 5. The van der Waals surface area contributed by atoms with E-state index >= 15 is 0 Å². The van der Waals surface area contributed by atoms with Crippen LogP contribution in [0.5, 0.6) is 0 Å². The van der Waals surface area contributed by atoms with Crippen LogP contribution in [0.15, 0.2) is 83.8 Å². The molecule has 0 spiro atoms. The fraction of sp³-hybridized carbons (Fsp3) is 0.167. The van der Waals surface area contributed by atoms with Crippen LogP contribution < -0.4 is 0 Å². The average molecular weight is 372 g/mol. The SMILES string of the molecule is O=S(=O)(c1ccccc1)C1C=CCc2c1ccc1c2CCc2ccccc2-1. The largest absolute Gasteiger partial charge is 0.223 e. The third-order valence-electron chi connectivity index (χ3n) is 5.76. The van der Waals surface area contributed by atoms with Crippen molar-refractivity contribution in [1.82, 2.24) is 0 Å². The first kappa shape index (κ1) is 16.5. The Balaban J connectivity index is 1.67. The number of aryl methyl sites for hydroxylation is 1. The molecule has 2 nitrogen and oxygen atoms in total. The maximum absolute atomic E-state index is 13.3. The molecule has 0 aliphatic heterocycles. The Kier molecular flexibility index (Phi) is 3.80. The molecule has 0 saturated carbocycles. The van der Waals surface area contributed by atoms with Crippen LogP contribution in [0, 0.1) is 0 Å². The lowest BCUT2D eigenvalue weighted by Gasteiger charge is -2.28. The second-order valence-corrected chi connectivity index (χ2v) is 9.30. The van der Waals surface area contributed by atoms with Crippen LogP contribution in [0.2, 0.25) is 0 Å². The Morgan fingerprint density at radius 3 is 2.37 bits per heavy atom. The highest BCUT2D eigenvalue weighted by Gasteiger charge is 2.32. The highest BCUT2D eigenvalue weighted by Crippen LogP contribution is 2.42. The topological polar surface area (TPSA) is 34.1 Å². The molecule has 2 aliphatic carbocycles. The first-order valence-electron chi connectivity index (χ1n) is 9.35. The minimum Gasteiger partial charge on any atom is -0.223 e. The van der Waals surface area contributed by atoms with Crippen LogP contribution in [0.1, 0.15) is 27.5 Å². The summed E-state index contributed by atoms with van der Waals surface area (Å²) in [7, 11) is -3.45. The van der Waals surface area contributed by atoms with Gasteiger partial charge in [-0.1, -0.05) is 66.7 Å². The molecule has 2 aliphatic rings. The van der Waals surface area contributed by atoms with E-state index in [1.807, 2.05) is 24.3 Å². The molecular weight excluding hydrogens is 352 g/mol. The molecule has 0 amide bonds. The van der Waals surface area contributed by atoms with E-state index in [1.54, 1.807) is 24.3 Å². The zero-order valence-electron chi connectivity index (χ0n) is 14.9. The van der Waals surface area contributed by atoms with Crippen LogP contribution in [0.4, 0.5) is 0 Å². The Labute approximate surface area is 160 Å². The monoisotopic (exact) mass is 372 g/mol. The fourth-order valence-electron chi connectivity index (χ4n) is 4.46. The Hall–Kier alpha value is -2.65. The van der Waals surface area contributed by atoms with E-state index in [0.29, 0.717) is 4.90 Å². The van der Waals surface area contributed by atoms with E-state index in [4.69, 9.17) is 0 Å². The molecule has 1 unspecified atom stereocenters. The molecule has 0 bridgehead atoms. The van der Waals surface area contributed by atoms with Crippen LogP contribution in [0.3, 0.4) is 0 Å². The zero-order valence-corrected chi connectivity index (χ0v) is 15.7. The fourth-order valence-corrected chi connectivity index (χ4v) is 6.16. The number of benzene rings is 3. The normalized spacial score (nSPS) is 17.7. The zero-order chi connectivity index (χ0) is 18.4. The molecule has 3 heteroatoms. The van der Waals surface area contributed by atoms with Gasteiger partial charge in [-0.3, -0.25) is 0 Å². The molecule has 1 atom stereocenters. The van der Waals surface area contributed by atoms with Gasteiger partial charge in [-0.15, -0.1) is 0 Å². The summed E-state index contributed by atoms with van der Waals surface area (Å²) in [5.74, 6) is 0. The Morgan fingerprint density at radius 1 is 0.741 bits per heavy atom. The third kappa shape index (κ3) is 2.57. The van der Waals surface area contributed by atoms with Crippen molar-refractivity contribution in [3.8, 4) is 11.1 Å². The van der Waals surface area contributed by atoms with Gasteiger partial charge < -0.3 is 0 Å². The van der Waals surface area contributed by atoms with Crippen molar-refractivity contribution in [1.29, 1.82) is 0 Å². The summed E-state index contributed by atoms with van der Waals surface area (Å²) in [5, 5.41) is -0.605. The molecule has 0 saturated heterocycles. The molecule has 27 heavy (non-hydrogen) atoms. The maximum atomic E-state index is 13.3. The number of hydrogen-bond acceptors (Lipinski definition) is 2. The molecule has 3 aromatic rings. The second-order valence-electron chi connectivity index (χ2n) is 7.23. The van der Waals surface area contributed by atoms with E-state index in [2.05, 4.69) is 30.3 Å². The number of rotatable bonds is 2. The lowest BCUT2D eigenvalue weighted by atomic mass is 9.79. The van der Waals surface area contributed by atoms with Crippen molar-refractivity contribution in [3.05, 3.63) is 101 Å². The summed E-state index contributed by atoms with van der Waals surface area (Å²) in [6.07, 6.45) is 6.67. The van der Waals surface area contributed by atoms with Gasteiger partial charge in [-0.2, -0.15) is 0 Å². The van der Waals surface area contributed by atoms with E-state index in [0.717, 1.165) is 24.8 Å². The van der Waals surface area contributed by atoms with Crippen molar-refractivity contribution < 1.29 is 8.42 Å². The van der Waals surface area contributed by atoms with Gasteiger partial charge in [0.2, 0.25) is 0 Å². The van der Waals surface area contributed by atoms with Crippen LogP contribution in [-0.4, -0.2) is 8.42 Å². The van der Waals surface area contributed by atoms with Gasteiger partial charge in [-0.25, -0.2) is 8.42 Å². The van der Waals surface area contributed by atoms with Crippen molar-refractivity contribution in [3.63, 3.8) is 0 Å². The van der Waals surface area contributed by atoms with E-state index < -0.39 is 15.1 Å². The molecule has 0 fully saturated rings. The second kappa shape index (κ2) is 6.21. The van der Waals surface area contributed by atoms with Crippen LogP contribution in [0.25, 0.3) is 11.1 Å². The molecule has 134 valence electrons. The summed E-state index contributed by atoms with van der Waals surface area (Å²) in [6.45, 7) is 0. The molecular formula is C24H20O2S. The highest BCUT2D eigenvalue weighted by molar-refractivity contribution is 7.91. The first-order valence-corrected chi connectivity index (χ1v) is 10.9. The smallest absolute Gasteiger partial charge is 0.188 e. The van der Waals surface area contributed by atoms with Crippen molar-refractivity contribution in [2.45, 2.75) is 29.4 Å². The van der Waals surface area contributed by atoms with Gasteiger partial charge in [0.25, 0.3) is 0 Å². The van der Waals surface area contributed by atoms with Gasteiger partial charge in [0.05, 0.1) is 4.90 Å². The maximum Gasteiger partial charge on any atom is 0.188 e. The lowest BCUT2D eigenvalue weighted by molar-refractivity contribution is 0.589. The van der Waals surface area contributed by atoms with Crippen LogP contribution >= 0.6 is 0 Å². The average Bonchev–Trinajstić information content (AvgIpc) is 2.73. The van der Waals surface area contributed by atoms with Crippen molar-refractivity contribution >= 4 is 9.84 Å². The molecule has 3 aromatic carbocycles. The summed E-state index contributed by atoms with van der Waals surface area (Å²) in [5.41, 5.74) is 7.40. The number of sulfone groups is 1. The summed E-state index contributed by atoms with van der Waals surface area (Å²) in [4.78, 5) is 0.385. The van der Waals surface area contributed by atoms with E-state index in [9.17, 15) is 8.42 Å². The predicted molar refractivity (Wildman–Crippen MR) is 108 cm³/mol. The minimum absolute atomic E-state index is 0.385. The van der Waals surface area contributed by atoms with Gasteiger partial charge in [0.1, 0.15) is 5.25 Å². The third-order valence-corrected chi connectivity index (χ3v) is 7.77. The van der Waals surface area contributed by atoms with E-state index in [-0.39, 0.29) is 0 Å². The van der Waals surface area contributed by atoms with Gasteiger partial charge in [0, 0.05) is 0 Å². The van der Waals surface area contributed by atoms with Gasteiger partial charge in [-0.05, 0) is 64.8 Å². The number of hydrogen-bond donors (Lipinski definition) is 0. The summed E-state index contributed by atoms with van der Waals surface area (Å²) in [6, 6.07) is 21.5. The van der Waals surface area contributed by atoms with Gasteiger partial charge >= 0.3 is 0 Å². The molecule has 0 aromatic heterocycles. The minimum atomic E-state index is -3.45. The Bertz CT molecular complexity index is 1160. The summed E-state index contributed by atoms with van der Waals surface area (Å²) >= 11 is 0. The van der Waals surface area contributed by atoms with Crippen molar-refractivity contribution in [2.24, 2.45) is 0 Å². The molecule has 0 heterocycles. The first-order chi connectivity index (χ1) is 13.2. The van der Waals surface area contributed by atoms with E-state index in [1.165, 1.54) is 27.8 Å². The standard InChI is InChI=1S/C24H20O2S/c25-27(26,18-8-2-1-3-9-18)24-12-6-11-20-22-14-13-17-7-4-5-10-19(17)21(22)15-16-23(20)24/h1-10,12,15-16,24H,11,13-14H2. The quantitative estimate of drug-likeness (QED) is 0.588. The lowest BCUT2D eigenvalue weighted by Crippen LogP contribution is -2.18. The van der Waals surface area contributed by atoms with Gasteiger partial charge in [0.15, 0.2) is 9.84 Å². The molecule has 5 rings (SSSR count). The highest BCUT2D eigenvalue weighted by atomic mass is 32.2.